The van der Waals surface area contributed by atoms with Crippen molar-refractivity contribution >= 4 is 30.0 Å². The molecule has 3 N–H and O–H groups in total. The summed E-state index contributed by atoms with van der Waals surface area (Å²) in [5.41, 5.74) is 5.73. The molecule has 0 aliphatic carbocycles. The van der Waals surface area contributed by atoms with Crippen LogP contribution in [0.2, 0.25) is 5.02 Å². The van der Waals surface area contributed by atoms with E-state index >= 15 is 0 Å². The van der Waals surface area contributed by atoms with Crippen LogP contribution in [0, 0.1) is 0 Å². The number of esters is 1. The summed E-state index contributed by atoms with van der Waals surface area (Å²) in [4.78, 5) is 11.3. The zero-order valence-electron chi connectivity index (χ0n) is 9.27. The van der Waals surface area contributed by atoms with Crippen LogP contribution in [0.4, 0.5) is 0 Å². The zero-order chi connectivity index (χ0) is 12.3. The topological polar surface area (TPSA) is 81.8 Å². The van der Waals surface area contributed by atoms with E-state index in [1.54, 1.807) is 0 Å². The Morgan fingerprint density at radius 3 is 2.53 bits per heavy atom. The van der Waals surface area contributed by atoms with E-state index in [1.165, 1.54) is 26.4 Å². The van der Waals surface area contributed by atoms with Crippen molar-refractivity contribution in [2.75, 3.05) is 14.2 Å². The molecule has 0 spiro atoms. The lowest BCUT2D eigenvalue weighted by molar-refractivity contribution is -0.142. The highest BCUT2D eigenvalue weighted by molar-refractivity contribution is 6.32. The van der Waals surface area contributed by atoms with Gasteiger partial charge in [0.05, 0.1) is 24.8 Å². The molecule has 0 aliphatic rings. The highest BCUT2D eigenvalue weighted by atomic mass is 35.5. The molecule has 1 atom stereocenters. The fourth-order valence-electron chi connectivity index (χ4n) is 1.29. The highest BCUT2D eigenvalue weighted by Gasteiger charge is 2.25. The Labute approximate surface area is 110 Å². The Hall–Kier alpha value is -1.17. The third kappa shape index (κ3) is 3.15. The van der Waals surface area contributed by atoms with Gasteiger partial charge in [0.15, 0.2) is 0 Å². The summed E-state index contributed by atoms with van der Waals surface area (Å²) in [6, 6.07) is 1.82. The maximum absolute atomic E-state index is 11.3. The Morgan fingerprint density at radius 1 is 1.47 bits per heavy atom. The standard InChI is InChI=1S/C10H12ClNO4.ClH/c1-15-6-4-3-5(11)9(13)7(6)8(12)10(14)16-2;/h3-4,8,13H,12H2,1-2H3;1H/t8-;/m1./s1. The molecule has 5 nitrogen and oxygen atoms in total. The minimum Gasteiger partial charge on any atom is -0.506 e. The van der Waals surface area contributed by atoms with Crippen LogP contribution in [0.1, 0.15) is 11.6 Å². The number of phenols is 1. The molecule has 0 amide bonds. The van der Waals surface area contributed by atoms with Gasteiger partial charge in [-0.25, -0.2) is 4.79 Å². The van der Waals surface area contributed by atoms with Gasteiger partial charge < -0.3 is 20.3 Å². The lowest BCUT2D eigenvalue weighted by Gasteiger charge is -2.15. The Kier molecular flexibility index (Phi) is 6.09. The van der Waals surface area contributed by atoms with Crippen LogP contribution in [0.5, 0.6) is 11.5 Å². The second kappa shape index (κ2) is 6.54. The normalized spacial score (nSPS) is 11.3. The van der Waals surface area contributed by atoms with E-state index in [0.717, 1.165) is 0 Å². The SMILES string of the molecule is COC(=O)[C@H](N)c1c(OC)ccc(Cl)c1O.Cl. The highest BCUT2D eigenvalue weighted by Crippen LogP contribution is 2.38. The molecule has 0 fully saturated rings. The average Bonchev–Trinajstić information content (AvgIpc) is 2.30. The molecule has 1 aromatic rings. The van der Waals surface area contributed by atoms with Crippen molar-refractivity contribution in [3.05, 3.63) is 22.7 Å². The van der Waals surface area contributed by atoms with Gasteiger partial charge in [0.25, 0.3) is 0 Å². The number of rotatable bonds is 3. The zero-order valence-corrected chi connectivity index (χ0v) is 10.8. The number of hydrogen-bond donors (Lipinski definition) is 2. The quantitative estimate of drug-likeness (QED) is 0.824. The third-order valence-electron chi connectivity index (χ3n) is 2.11. The maximum Gasteiger partial charge on any atom is 0.327 e. The second-order valence-electron chi connectivity index (χ2n) is 3.01. The largest absolute Gasteiger partial charge is 0.506 e. The van der Waals surface area contributed by atoms with E-state index in [2.05, 4.69) is 4.74 Å². The van der Waals surface area contributed by atoms with Crippen molar-refractivity contribution in [2.24, 2.45) is 5.73 Å². The average molecular weight is 282 g/mol. The van der Waals surface area contributed by atoms with Crippen molar-refractivity contribution in [1.82, 2.24) is 0 Å². The van der Waals surface area contributed by atoms with Crippen LogP contribution in [0.3, 0.4) is 0 Å². The Balaban J connectivity index is 0.00000256. The lowest BCUT2D eigenvalue weighted by Crippen LogP contribution is -2.23. The summed E-state index contributed by atoms with van der Waals surface area (Å²) < 4.78 is 9.48. The van der Waals surface area contributed by atoms with Crippen LogP contribution < -0.4 is 10.5 Å². The van der Waals surface area contributed by atoms with E-state index in [9.17, 15) is 9.90 Å². The third-order valence-corrected chi connectivity index (χ3v) is 2.42. The lowest BCUT2D eigenvalue weighted by atomic mass is 10.1. The summed E-state index contributed by atoms with van der Waals surface area (Å²) in [5, 5.41) is 9.82. The van der Waals surface area contributed by atoms with Gasteiger partial charge in [0, 0.05) is 0 Å². The second-order valence-corrected chi connectivity index (χ2v) is 3.42. The molecule has 0 saturated carbocycles. The number of phenolic OH excluding ortho intramolecular Hbond substituents is 1. The van der Waals surface area contributed by atoms with Crippen molar-refractivity contribution in [2.45, 2.75) is 6.04 Å². The predicted molar refractivity (Wildman–Crippen MR) is 65.9 cm³/mol. The van der Waals surface area contributed by atoms with Gasteiger partial charge in [-0.3, -0.25) is 0 Å². The molecular weight excluding hydrogens is 269 g/mol. The fraction of sp³-hybridized carbons (Fsp3) is 0.300. The van der Waals surface area contributed by atoms with Crippen molar-refractivity contribution in [1.29, 1.82) is 0 Å². The summed E-state index contributed by atoms with van der Waals surface area (Å²) >= 11 is 5.72. The van der Waals surface area contributed by atoms with E-state index in [-0.39, 0.29) is 34.5 Å². The molecule has 0 aliphatic heterocycles. The van der Waals surface area contributed by atoms with Crippen molar-refractivity contribution < 1.29 is 19.4 Å². The molecule has 17 heavy (non-hydrogen) atoms. The number of nitrogens with two attached hydrogens (primary N) is 1. The summed E-state index contributed by atoms with van der Waals surface area (Å²) in [6.45, 7) is 0. The van der Waals surface area contributed by atoms with E-state index in [4.69, 9.17) is 22.1 Å². The van der Waals surface area contributed by atoms with Crippen LogP contribution in [-0.2, 0) is 9.53 Å². The minimum absolute atomic E-state index is 0. The van der Waals surface area contributed by atoms with Crippen LogP contribution in [0.15, 0.2) is 12.1 Å². The van der Waals surface area contributed by atoms with Gasteiger partial charge in [0.1, 0.15) is 17.5 Å². The summed E-state index contributed by atoms with van der Waals surface area (Å²) in [7, 11) is 2.60. The maximum atomic E-state index is 11.3. The summed E-state index contributed by atoms with van der Waals surface area (Å²) in [6.07, 6.45) is 0. The van der Waals surface area contributed by atoms with Gasteiger partial charge in [-0.05, 0) is 12.1 Å². The molecule has 0 aromatic heterocycles. The number of methoxy groups -OCH3 is 2. The number of hydrogen-bond acceptors (Lipinski definition) is 5. The van der Waals surface area contributed by atoms with Gasteiger partial charge in [-0.1, -0.05) is 11.6 Å². The number of benzene rings is 1. The smallest absolute Gasteiger partial charge is 0.327 e. The first-order valence-electron chi connectivity index (χ1n) is 4.41. The van der Waals surface area contributed by atoms with Gasteiger partial charge >= 0.3 is 5.97 Å². The number of aromatic hydroxyl groups is 1. The molecule has 1 rings (SSSR count). The molecular formula is C10H13Cl2NO4. The van der Waals surface area contributed by atoms with Crippen molar-refractivity contribution in [3.8, 4) is 11.5 Å². The Morgan fingerprint density at radius 2 is 2.06 bits per heavy atom. The number of ether oxygens (including phenoxy) is 2. The van der Waals surface area contributed by atoms with E-state index < -0.39 is 12.0 Å². The monoisotopic (exact) mass is 281 g/mol. The molecule has 0 unspecified atom stereocenters. The van der Waals surface area contributed by atoms with Crippen LogP contribution in [0.25, 0.3) is 0 Å². The minimum atomic E-state index is -1.14. The molecule has 1 aromatic carbocycles. The first kappa shape index (κ1) is 15.8. The van der Waals surface area contributed by atoms with E-state index in [1.807, 2.05) is 0 Å². The number of carbonyl (C=O) groups is 1. The predicted octanol–water partition coefficient (Wildman–Crippen LogP) is 1.65. The molecule has 0 radical (unpaired) electrons. The fourth-order valence-corrected chi connectivity index (χ4v) is 1.45. The van der Waals surface area contributed by atoms with Gasteiger partial charge in [-0.2, -0.15) is 0 Å². The first-order valence-corrected chi connectivity index (χ1v) is 4.79. The van der Waals surface area contributed by atoms with Gasteiger partial charge in [0.2, 0.25) is 0 Å². The van der Waals surface area contributed by atoms with E-state index in [0.29, 0.717) is 0 Å². The Bertz CT molecular complexity index is 412. The molecule has 0 saturated heterocycles. The molecule has 7 heteroatoms. The van der Waals surface area contributed by atoms with Gasteiger partial charge in [-0.15, -0.1) is 12.4 Å². The molecule has 0 bridgehead atoms. The first-order chi connectivity index (χ1) is 7.52. The summed E-state index contributed by atoms with van der Waals surface area (Å²) in [5.74, 6) is -0.686. The van der Waals surface area contributed by atoms with Crippen molar-refractivity contribution in [3.63, 3.8) is 0 Å². The van der Waals surface area contributed by atoms with Crippen LogP contribution >= 0.6 is 24.0 Å². The number of carbonyl (C=O) groups excluding carboxylic acids is 1. The molecule has 0 heterocycles. The number of halogens is 2. The molecule has 96 valence electrons. The van der Waals surface area contributed by atoms with Crippen LogP contribution in [-0.4, -0.2) is 25.3 Å².